The van der Waals surface area contributed by atoms with Gasteiger partial charge in [-0.05, 0) is 19.4 Å². The van der Waals surface area contributed by atoms with Gasteiger partial charge in [0.1, 0.15) is 5.75 Å². The third-order valence-corrected chi connectivity index (χ3v) is 2.74. The van der Waals surface area contributed by atoms with Gasteiger partial charge in [0.05, 0.1) is 13.2 Å². The predicted molar refractivity (Wildman–Crippen MR) is 65.7 cm³/mol. The van der Waals surface area contributed by atoms with E-state index < -0.39 is 0 Å². The molecule has 1 aromatic rings. The highest BCUT2D eigenvalue weighted by Crippen LogP contribution is 2.24. The van der Waals surface area contributed by atoms with E-state index in [-0.39, 0.29) is 12.1 Å². The van der Waals surface area contributed by atoms with Crippen LogP contribution >= 0.6 is 0 Å². The Labute approximate surface area is 97.4 Å². The van der Waals surface area contributed by atoms with Gasteiger partial charge >= 0.3 is 0 Å². The summed E-state index contributed by atoms with van der Waals surface area (Å²) in [6, 6.07) is 8.11. The summed E-state index contributed by atoms with van der Waals surface area (Å²) in [4.78, 5) is 0. The van der Waals surface area contributed by atoms with Crippen molar-refractivity contribution < 1.29 is 9.84 Å². The van der Waals surface area contributed by atoms with Crippen molar-refractivity contribution >= 4 is 0 Å². The zero-order valence-electron chi connectivity index (χ0n) is 10.2. The number of nitrogens with one attached hydrogen (secondary N) is 1. The van der Waals surface area contributed by atoms with E-state index >= 15 is 0 Å². The Morgan fingerprint density at radius 1 is 1.38 bits per heavy atom. The van der Waals surface area contributed by atoms with Gasteiger partial charge < -0.3 is 15.2 Å². The summed E-state index contributed by atoms with van der Waals surface area (Å²) in [7, 11) is 1.67. The molecular weight excluding hydrogens is 202 g/mol. The van der Waals surface area contributed by atoms with Crippen LogP contribution in [0.1, 0.15) is 31.9 Å². The molecule has 1 aromatic carbocycles. The largest absolute Gasteiger partial charge is 0.496 e. The molecule has 0 aromatic heterocycles. The van der Waals surface area contributed by atoms with Gasteiger partial charge in [-0.1, -0.05) is 25.1 Å². The van der Waals surface area contributed by atoms with Crippen LogP contribution in [0.3, 0.4) is 0 Å². The van der Waals surface area contributed by atoms with Crippen molar-refractivity contribution in [3.8, 4) is 5.75 Å². The summed E-state index contributed by atoms with van der Waals surface area (Å²) in [5, 5.41) is 12.8. The van der Waals surface area contributed by atoms with Gasteiger partial charge in [0, 0.05) is 18.2 Å². The normalized spacial score (nSPS) is 14.5. The van der Waals surface area contributed by atoms with Crippen molar-refractivity contribution in [3.63, 3.8) is 0 Å². The van der Waals surface area contributed by atoms with Gasteiger partial charge in [-0.3, -0.25) is 0 Å². The third kappa shape index (κ3) is 3.51. The molecule has 3 heteroatoms. The predicted octanol–water partition coefficient (Wildman–Crippen LogP) is 2.12. The number of hydrogen-bond acceptors (Lipinski definition) is 3. The number of methoxy groups -OCH3 is 1. The molecule has 0 aliphatic rings. The van der Waals surface area contributed by atoms with Crippen LogP contribution in [0.2, 0.25) is 0 Å². The van der Waals surface area contributed by atoms with Crippen molar-refractivity contribution in [1.29, 1.82) is 0 Å². The first kappa shape index (κ1) is 13.0. The highest BCUT2D eigenvalue weighted by molar-refractivity contribution is 5.35. The van der Waals surface area contributed by atoms with Crippen LogP contribution in [-0.4, -0.2) is 24.9 Å². The van der Waals surface area contributed by atoms with E-state index in [1.54, 1.807) is 7.11 Å². The Hall–Kier alpha value is -1.06. The van der Waals surface area contributed by atoms with Crippen LogP contribution in [0.4, 0.5) is 0 Å². The summed E-state index contributed by atoms with van der Waals surface area (Å²) in [6.07, 6.45) is 0.489. The SMILES string of the molecule is CCC(O)CNC(C)c1ccccc1OC. The highest BCUT2D eigenvalue weighted by Gasteiger charge is 2.11. The van der Waals surface area contributed by atoms with Crippen LogP contribution in [0.5, 0.6) is 5.75 Å². The van der Waals surface area contributed by atoms with Crippen LogP contribution < -0.4 is 10.1 Å². The maximum absolute atomic E-state index is 9.49. The fourth-order valence-electron chi connectivity index (χ4n) is 1.59. The molecule has 0 aliphatic carbocycles. The molecule has 16 heavy (non-hydrogen) atoms. The molecule has 2 atom stereocenters. The molecule has 3 nitrogen and oxygen atoms in total. The van der Waals surface area contributed by atoms with Gasteiger partial charge in [0.15, 0.2) is 0 Å². The molecule has 90 valence electrons. The van der Waals surface area contributed by atoms with Crippen molar-refractivity contribution in [2.24, 2.45) is 0 Å². The molecule has 2 unspecified atom stereocenters. The fourth-order valence-corrected chi connectivity index (χ4v) is 1.59. The summed E-state index contributed by atoms with van der Waals surface area (Å²) >= 11 is 0. The minimum atomic E-state index is -0.280. The molecule has 0 heterocycles. The van der Waals surface area contributed by atoms with Crippen LogP contribution in [0.15, 0.2) is 24.3 Å². The quantitative estimate of drug-likeness (QED) is 0.776. The summed E-state index contributed by atoms with van der Waals surface area (Å²) in [5.74, 6) is 0.883. The molecule has 1 rings (SSSR count). The molecule has 0 saturated heterocycles. The van der Waals surface area contributed by atoms with Crippen LogP contribution in [-0.2, 0) is 0 Å². The maximum Gasteiger partial charge on any atom is 0.123 e. The smallest absolute Gasteiger partial charge is 0.123 e. The van der Waals surface area contributed by atoms with E-state index in [1.807, 2.05) is 31.2 Å². The second-order valence-corrected chi connectivity index (χ2v) is 3.93. The summed E-state index contributed by atoms with van der Waals surface area (Å²) < 4.78 is 5.30. The van der Waals surface area contributed by atoms with Gasteiger partial charge in [-0.15, -0.1) is 0 Å². The molecule has 0 fully saturated rings. The minimum Gasteiger partial charge on any atom is -0.496 e. The third-order valence-electron chi connectivity index (χ3n) is 2.74. The number of aliphatic hydroxyl groups excluding tert-OH is 1. The number of benzene rings is 1. The molecule has 0 bridgehead atoms. The van der Waals surface area contributed by atoms with E-state index in [0.29, 0.717) is 6.54 Å². The lowest BCUT2D eigenvalue weighted by Gasteiger charge is -2.18. The van der Waals surface area contributed by atoms with E-state index in [2.05, 4.69) is 12.2 Å². The Balaban J connectivity index is 2.61. The molecule has 2 N–H and O–H groups in total. The lowest BCUT2D eigenvalue weighted by molar-refractivity contribution is 0.163. The second kappa shape index (κ2) is 6.51. The molecular formula is C13H21NO2. The summed E-state index contributed by atoms with van der Waals surface area (Å²) in [6.45, 7) is 4.65. The first-order valence-corrected chi connectivity index (χ1v) is 5.73. The number of ether oxygens (including phenoxy) is 1. The molecule has 0 spiro atoms. The van der Waals surface area contributed by atoms with Gasteiger partial charge in [-0.2, -0.15) is 0 Å². The van der Waals surface area contributed by atoms with Crippen LogP contribution in [0, 0.1) is 0 Å². The van der Waals surface area contributed by atoms with Gasteiger partial charge in [-0.25, -0.2) is 0 Å². The lowest BCUT2D eigenvalue weighted by atomic mass is 10.1. The number of rotatable bonds is 6. The Morgan fingerprint density at radius 2 is 2.06 bits per heavy atom. The van der Waals surface area contributed by atoms with Gasteiger partial charge in [0.2, 0.25) is 0 Å². The molecule has 0 aliphatic heterocycles. The molecule has 0 amide bonds. The van der Waals surface area contributed by atoms with Crippen molar-refractivity contribution in [1.82, 2.24) is 5.32 Å². The first-order valence-electron chi connectivity index (χ1n) is 5.73. The second-order valence-electron chi connectivity index (χ2n) is 3.93. The number of aliphatic hydroxyl groups is 1. The average molecular weight is 223 g/mol. The van der Waals surface area contributed by atoms with E-state index in [0.717, 1.165) is 17.7 Å². The fraction of sp³-hybridized carbons (Fsp3) is 0.538. The van der Waals surface area contributed by atoms with Gasteiger partial charge in [0.25, 0.3) is 0 Å². The van der Waals surface area contributed by atoms with Crippen LogP contribution in [0.25, 0.3) is 0 Å². The first-order chi connectivity index (χ1) is 7.69. The zero-order valence-corrected chi connectivity index (χ0v) is 10.2. The average Bonchev–Trinajstić information content (AvgIpc) is 2.35. The minimum absolute atomic E-state index is 0.178. The van der Waals surface area contributed by atoms with Crippen molar-refractivity contribution in [2.75, 3.05) is 13.7 Å². The number of hydrogen-bond donors (Lipinski definition) is 2. The van der Waals surface area contributed by atoms with Crippen molar-refractivity contribution in [2.45, 2.75) is 32.4 Å². The zero-order chi connectivity index (χ0) is 12.0. The van der Waals surface area contributed by atoms with E-state index in [9.17, 15) is 5.11 Å². The monoisotopic (exact) mass is 223 g/mol. The maximum atomic E-state index is 9.49. The van der Waals surface area contributed by atoms with Crippen molar-refractivity contribution in [3.05, 3.63) is 29.8 Å². The lowest BCUT2D eigenvalue weighted by Crippen LogP contribution is -2.28. The highest BCUT2D eigenvalue weighted by atomic mass is 16.5. The van der Waals surface area contributed by atoms with E-state index in [1.165, 1.54) is 0 Å². The van der Waals surface area contributed by atoms with E-state index in [4.69, 9.17) is 4.74 Å². The topological polar surface area (TPSA) is 41.5 Å². The molecule has 0 saturated carbocycles. The summed E-state index contributed by atoms with van der Waals surface area (Å²) in [5.41, 5.74) is 1.12. The Bertz CT molecular complexity index is 315. The number of para-hydroxylation sites is 1. The Kier molecular flexibility index (Phi) is 5.29. The Morgan fingerprint density at radius 3 is 2.69 bits per heavy atom. The standard InChI is InChI=1S/C13H21NO2/c1-4-11(15)9-14-10(2)12-7-5-6-8-13(12)16-3/h5-8,10-11,14-15H,4,9H2,1-3H3. The molecule has 0 radical (unpaired) electrons.